The molecule has 5 rings (SSSR count). The summed E-state index contributed by atoms with van der Waals surface area (Å²) < 4.78 is 17.1. The van der Waals surface area contributed by atoms with Crippen molar-refractivity contribution in [3.8, 4) is 28.4 Å². The monoisotopic (exact) mass is 570 g/mol. The van der Waals surface area contributed by atoms with E-state index in [-0.39, 0.29) is 22.9 Å². The molecule has 0 aliphatic heterocycles. The molecule has 2 atom stereocenters. The molecule has 0 spiro atoms. The molecule has 0 saturated heterocycles. The molecule has 2 amide bonds. The maximum absolute atomic E-state index is 13.6. The smallest absolute Gasteiger partial charge is 0.246 e. The van der Waals surface area contributed by atoms with Crippen molar-refractivity contribution in [2.24, 2.45) is 0 Å². The van der Waals surface area contributed by atoms with E-state index in [9.17, 15) is 14.4 Å². The summed E-state index contributed by atoms with van der Waals surface area (Å²) >= 11 is 0. The molecule has 1 aliphatic carbocycles. The number of methoxy groups -OCH3 is 3. The summed E-state index contributed by atoms with van der Waals surface area (Å²) in [6, 6.07) is 13.2. The standard InChI is InChI=1S/C32H34N4O6/c1-17(32(39)36-24-8-6-7-23-21(24)13-14-33-23)34-26-12-10-20-22(16-27(26)38)25(35-18(2)37)11-9-19-15-28(40-3)30(41-4)31(42-5)29(19)20/h6-8,10,12-17,25,33H,9,11H2,1-5H3,(H,34,38)(H,35,37)(H,36,39)/t17-,25-/m0/s1. The molecule has 1 aliphatic rings. The minimum Gasteiger partial charge on any atom is -0.493 e. The topological polar surface area (TPSA) is 131 Å². The third-order valence-corrected chi connectivity index (χ3v) is 7.53. The highest BCUT2D eigenvalue weighted by Gasteiger charge is 2.29. The number of fused-ring (bicyclic) bond motifs is 4. The number of aromatic amines is 1. The van der Waals surface area contributed by atoms with Crippen molar-refractivity contribution in [3.05, 3.63) is 76.1 Å². The van der Waals surface area contributed by atoms with Crippen LogP contribution in [0.15, 0.2) is 59.5 Å². The first-order chi connectivity index (χ1) is 20.2. The molecular weight excluding hydrogens is 536 g/mol. The molecule has 0 unspecified atom stereocenters. The molecule has 0 radical (unpaired) electrons. The maximum atomic E-state index is 13.6. The highest BCUT2D eigenvalue weighted by atomic mass is 16.5. The number of aromatic nitrogens is 1. The lowest BCUT2D eigenvalue weighted by atomic mass is 9.95. The molecule has 10 heteroatoms. The number of ether oxygens (including phenoxy) is 3. The molecule has 4 aromatic rings. The van der Waals surface area contributed by atoms with Gasteiger partial charge in [0.2, 0.25) is 23.0 Å². The van der Waals surface area contributed by atoms with Gasteiger partial charge < -0.3 is 35.1 Å². The fourth-order valence-electron chi connectivity index (χ4n) is 5.56. The number of anilines is 2. The third kappa shape index (κ3) is 5.35. The van der Waals surface area contributed by atoms with Gasteiger partial charge in [-0.1, -0.05) is 12.1 Å². The summed E-state index contributed by atoms with van der Waals surface area (Å²) in [5.41, 5.74) is 4.54. The Hall–Kier alpha value is -4.99. The van der Waals surface area contributed by atoms with Crippen LogP contribution in [-0.2, 0) is 16.0 Å². The van der Waals surface area contributed by atoms with Crippen molar-refractivity contribution in [2.45, 2.75) is 38.8 Å². The first kappa shape index (κ1) is 28.5. The van der Waals surface area contributed by atoms with E-state index in [2.05, 4.69) is 20.9 Å². The lowest BCUT2D eigenvalue weighted by molar-refractivity contribution is -0.119. The summed E-state index contributed by atoms with van der Waals surface area (Å²) in [4.78, 5) is 42.1. The van der Waals surface area contributed by atoms with Crippen LogP contribution in [0.5, 0.6) is 17.2 Å². The lowest BCUT2D eigenvalue weighted by Gasteiger charge is -2.19. The molecule has 3 aromatic carbocycles. The first-order valence-electron chi connectivity index (χ1n) is 13.7. The minimum absolute atomic E-state index is 0.209. The van der Waals surface area contributed by atoms with Crippen molar-refractivity contribution in [3.63, 3.8) is 0 Å². The van der Waals surface area contributed by atoms with Crippen LogP contribution in [0.25, 0.3) is 22.0 Å². The average Bonchev–Trinajstić information content (AvgIpc) is 3.35. The van der Waals surface area contributed by atoms with Crippen molar-refractivity contribution >= 4 is 34.1 Å². The number of rotatable bonds is 8. The number of hydrogen-bond donors (Lipinski definition) is 4. The second kappa shape index (κ2) is 11.9. The molecule has 0 bridgehead atoms. The largest absolute Gasteiger partial charge is 0.493 e. The predicted molar refractivity (Wildman–Crippen MR) is 163 cm³/mol. The van der Waals surface area contributed by atoms with Gasteiger partial charge in [0.1, 0.15) is 6.04 Å². The van der Waals surface area contributed by atoms with Crippen LogP contribution in [0, 0.1) is 0 Å². The van der Waals surface area contributed by atoms with E-state index >= 15 is 0 Å². The van der Waals surface area contributed by atoms with E-state index in [1.807, 2.05) is 42.6 Å². The van der Waals surface area contributed by atoms with Crippen LogP contribution in [0.4, 0.5) is 11.4 Å². The number of hydrogen-bond acceptors (Lipinski definition) is 7. The number of benzene rings is 2. The van der Waals surface area contributed by atoms with Gasteiger partial charge >= 0.3 is 0 Å². The Kier molecular flexibility index (Phi) is 8.06. The van der Waals surface area contributed by atoms with Gasteiger partial charge in [-0.3, -0.25) is 14.4 Å². The van der Waals surface area contributed by atoms with E-state index < -0.39 is 12.1 Å². The third-order valence-electron chi connectivity index (χ3n) is 7.53. The predicted octanol–water partition coefficient (Wildman–Crippen LogP) is 4.78. The molecule has 10 nitrogen and oxygen atoms in total. The second-order valence-corrected chi connectivity index (χ2v) is 10.2. The fraction of sp³-hybridized carbons (Fsp3) is 0.281. The van der Waals surface area contributed by atoms with E-state index in [1.54, 1.807) is 27.2 Å². The molecule has 1 heterocycles. The highest BCUT2D eigenvalue weighted by Crippen LogP contribution is 2.50. The van der Waals surface area contributed by atoms with E-state index in [0.717, 1.165) is 22.0 Å². The van der Waals surface area contributed by atoms with Gasteiger partial charge in [0.05, 0.1) is 38.7 Å². The van der Waals surface area contributed by atoms with E-state index in [0.29, 0.717) is 46.9 Å². The van der Waals surface area contributed by atoms with Gasteiger partial charge in [0.25, 0.3) is 0 Å². The Morgan fingerprint density at radius 3 is 2.48 bits per heavy atom. The molecule has 218 valence electrons. The Morgan fingerprint density at radius 1 is 0.976 bits per heavy atom. The van der Waals surface area contributed by atoms with E-state index in [1.165, 1.54) is 20.1 Å². The molecule has 0 saturated carbocycles. The number of H-pyrrole nitrogens is 1. The van der Waals surface area contributed by atoms with E-state index in [4.69, 9.17) is 14.2 Å². The summed E-state index contributed by atoms with van der Waals surface area (Å²) in [6.07, 6.45) is 2.96. The minimum atomic E-state index is -0.730. The fourth-order valence-corrected chi connectivity index (χ4v) is 5.56. The Balaban J connectivity index is 1.56. The number of carbonyl (C=O) groups excluding carboxylic acids is 2. The number of carbonyl (C=O) groups is 2. The molecule has 42 heavy (non-hydrogen) atoms. The zero-order valence-corrected chi connectivity index (χ0v) is 24.2. The van der Waals surface area contributed by atoms with Crippen LogP contribution < -0.4 is 35.6 Å². The summed E-state index contributed by atoms with van der Waals surface area (Å²) in [5, 5.41) is 9.92. The van der Waals surface area contributed by atoms with Gasteiger partial charge in [0, 0.05) is 29.6 Å². The average molecular weight is 571 g/mol. The quantitative estimate of drug-likeness (QED) is 0.240. The van der Waals surface area contributed by atoms with Crippen LogP contribution in [0.2, 0.25) is 0 Å². The van der Waals surface area contributed by atoms with Crippen molar-refractivity contribution in [1.29, 1.82) is 0 Å². The molecule has 0 fully saturated rings. The highest BCUT2D eigenvalue weighted by molar-refractivity contribution is 6.03. The van der Waals surface area contributed by atoms with Gasteiger partial charge in [-0.2, -0.15) is 0 Å². The number of amides is 2. The second-order valence-electron chi connectivity index (χ2n) is 10.2. The SMILES string of the molecule is COc1cc2c(c(OC)c1OC)-c1ccc(N[C@@H](C)C(=O)Nc3cccc4[nH]ccc34)c(=O)cc1[C@@H](NC(C)=O)CC2. The van der Waals surface area contributed by atoms with Crippen LogP contribution >= 0.6 is 0 Å². The molecule has 4 N–H and O–H groups in total. The normalized spacial score (nSPS) is 14.5. The van der Waals surface area contributed by atoms with Crippen LogP contribution in [-0.4, -0.2) is 44.2 Å². The van der Waals surface area contributed by atoms with Crippen molar-refractivity contribution < 1.29 is 23.8 Å². The number of nitrogens with one attached hydrogen (secondary N) is 4. The van der Waals surface area contributed by atoms with Gasteiger partial charge in [-0.05, 0) is 72.9 Å². The van der Waals surface area contributed by atoms with Gasteiger partial charge in [-0.15, -0.1) is 0 Å². The lowest BCUT2D eigenvalue weighted by Crippen LogP contribution is -2.33. The summed E-state index contributed by atoms with van der Waals surface area (Å²) in [7, 11) is 4.65. The summed E-state index contributed by atoms with van der Waals surface area (Å²) in [5.74, 6) is 0.916. The Bertz CT molecular complexity index is 1730. The van der Waals surface area contributed by atoms with Gasteiger partial charge in [0.15, 0.2) is 11.5 Å². The maximum Gasteiger partial charge on any atom is 0.246 e. The Labute approximate surface area is 243 Å². The zero-order valence-electron chi connectivity index (χ0n) is 24.2. The van der Waals surface area contributed by atoms with Crippen LogP contribution in [0.3, 0.4) is 0 Å². The van der Waals surface area contributed by atoms with Crippen LogP contribution in [0.1, 0.15) is 37.4 Å². The van der Waals surface area contributed by atoms with Gasteiger partial charge in [-0.25, -0.2) is 0 Å². The van der Waals surface area contributed by atoms with Crippen molar-refractivity contribution in [1.82, 2.24) is 10.3 Å². The first-order valence-corrected chi connectivity index (χ1v) is 13.7. The number of aryl methyl sites for hydroxylation is 1. The Morgan fingerprint density at radius 2 is 1.76 bits per heavy atom. The van der Waals surface area contributed by atoms with Crippen molar-refractivity contribution in [2.75, 3.05) is 32.0 Å². The molecular formula is C32H34N4O6. The summed E-state index contributed by atoms with van der Waals surface area (Å²) in [6.45, 7) is 3.15. The molecule has 1 aromatic heterocycles. The zero-order chi connectivity index (χ0) is 30.0.